The number of carbonyl (C=O) groups is 2. The van der Waals surface area contributed by atoms with Gasteiger partial charge in [0.2, 0.25) is 0 Å². The second kappa shape index (κ2) is 5.87. The Bertz CT molecular complexity index is 750. The predicted octanol–water partition coefficient (Wildman–Crippen LogP) is 3.30. The third-order valence-electron chi connectivity index (χ3n) is 3.43. The molecule has 2 N–H and O–H groups in total. The van der Waals surface area contributed by atoms with Crippen molar-refractivity contribution in [3.63, 3.8) is 0 Å². The Hall–Kier alpha value is -1.63. The third-order valence-corrected chi connectivity index (χ3v) is 4.80. The van der Waals surface area contributed by atoms with Crippen molar-refractivity contribution in [3.8, 4) is 0 Å². The van der Waals surface area contributed by atoms with Crippen LogP contribution in [0.4, 0.5) is 5.69 Å². The summed E-state index contributed by atoms with van der Waals surface area (Å²) in [5.74, 6) is -0.567. The van der Waals surface area contributed by atoms with E-state index in [1.165, 1.54) is 0 Å². The van der Waals surface area contributed by atoms with E-state index in [0.717, 1.165) is 21.1 Å². The van der Waals surface area contributed by atoms with Gasteiger partial charge in [0.25, 0.3) is 5.91 Å². The van der Waals surface area contributed by atoms with Gasteiger partial charge in [-0.2, -0.15) is 0 Å². The zero-order chi connectivity index (χ0) is 15.7. The number of aliphatic hydroxyl groups is 1. The van der Waals surface area contributed by atoms with Crippen LogP contribution in [0.15, 0.2) is 57.9 Å². The van der Waals surface area contributed by atoms with Crippen molar-refractivity contribution in [2.45, 2.75) is 16.9 Å². The first-order chi connectivity index (χ1) is 10.5. The van der Waals surface area contributed by atoms with Crippen LogP contribution in [0.3, 0.4) is 0 Å². The molecule has 1 aliphatic rings. The Labute approximate surface area is 140 Å². The van der Waals surface area contributed by atoms with Crippen molar-refractivity contribution in [2.24, 2.45) is 0 Å². The maximum Gasteiger partial charge on any atom is 0.261 e. The summed E-state index contributed by atoms with van der Waals surface area (Å²) in [4.78, 5) is 25.1. The van der Waals surface area contributed by atoms with Crippen molar-refractivity contribution < 1.29 is 14.7 Å². The first-order valence-corrected chi connectivity index (χ1v) is 8.19. The maximum atomic E-state index is 12.2. The first-order valence-electron chi connectivity index (χ1n) is 6.58. The molecule has 0 aromatic heterocycles. The third kappa shape index (κ3) is 2.82. The molecule has 0 spiro atoms. The molecule has 0 radical (unpaired) electrons. The van der Waals surface area contributed by atoms with Crippen LogP contribution in [0.5, 0.6) is 0 Å². The summed E-state index contributed by atoms with van der Waals surface area (Å²) < 4.78 is 0.792. The molecule has 0 fully saturated rings. The van der Waals surface area contributed by atoms with Gasteiger partial charge in [0.1, 0.15) is 0 Å². The molecule has 2 aromatic rings. The van der Waals surface area contributed by atoms with Crippen LogP contribution in [0.2, 0.25) is 0 Å². The van der Waals surface area contributed by atoms with Gasteiger partial charge < -0.3 is 10.4 Å². The van der Waals surface area contributed by atoms with Crippen LogP contribution in [-0.2, 0) is 15.2 Å². The second-order valence-corrected chi connectivity index (χ2v) is 7.01. The van der Waals surface area contributed by atoms with Gasteiger partial charge in [-0.05, 0) is 24.3 Å². The van der Waals surface area contributed by atoms with Gasteiger partial charge in [-0.25, -0.2) is 0 Å². The van der Waals surface area contributed by atoms with E-state index in [9.17, 15) is 14.7 Å². The van der Waals surface area contributed by atoms with Crippen molar-refractivity contribution in [3.05, 3.63) is 58.6 Å². The predicted molar refractivity (Wildman–Crippen MR) is 88.6 cm³/mol. The fourth-order valence-electron chi connectivity index (χ4n) is 2.37. The molecule has 0 unspecified atom stereocenters. The second-order valence-electron chi connectivity index (χ2n) is 4.97. The fraction of sp³-hybridized carbons (Fsp3) is 0.125. The Morgan fingerprint density at radius 3 is 2.68 bits per heavy atom. The number of hydrogen-bond acceptors (Lipinski definition) is 4. The van der Waals surface area contributed by atoms with Crippen molar-refractivity contribution in [2.75, 3.05) is 5.32 Å². The Balaban J connectivity index is 1.82. The molecule has 22 heavy (non-hydrogen) atoms. The quantitative estimate of drug-likeness (QED) is 0.805. The van der Waals surface area contributed by atoms with Crippen LogP contribution >= 0.6 is 27.7 Å². The normalized spacial score (nSPS) is 19.6. The van der Waals surface area contributed by atoms with Gasteiger partial charge in [0.15, 0.2) is 10.7 Å². The minimum Gasteiger partial charge on any atom is -0.375 e. The molecule has 1 aliphatic heterocycles. The molecule has 1 heterocycles. The number of benzene rings is 2. The average molecular weight is 378 g/mol. The van der Waals surface area contributed by atoms with E-state index in [2.05, 4.69) is 21.2 Å². The molecule has 3 rings (SSSR count). The zero-order valence-corrected chi connectivity index (χ0v) is 13.8. The summed E-state index contributed by atoms with van der Waals surface area (Å²) in [5.41, 5.74) is -0.850. The summed E-state index contributed by atoms with van der Waals surface area (Å²) in [6, 6.07) is 14.2. The molecular weight excluding hydrogens is 366 g/mol. The van der Waals surface area contributed by atoms with Gasteiger partial charge in [0, 0.05) is 20.6 Å². The van der Waals surface area contributed by atoms with Crippen LogP contribution in [0.1, 0.15) is 12.0 Å². The molecule has 0 aliphatic carbocycles. The van der Waals surface area contributed by atoms with E-state index in [0.29, 0.717) is 11.3 Å². The smallest absolute Gasteiger partial charge is 0.261 e. The van der Waals surface area contributed by atoms with E-state index in [1.54, 1.807) is 18.2 Å². The Morgan fingerprint density at radius 2 is 1.95 bits per heavy atom. The van der Waals surface area contributed by atoms with Gasteiger partial charge in [-0.1, -0.05) is 52.0 Å². The number of hydrogen-bond donors (Lipinski definition) is 2. The molecule has 0 saturated carbocycles. The lowest BCUT2D eigenvalue weighted by Gasteiger charge is -2.19. The standard InChI is InChI=1S/C16H12BrNO3S/c17-10-6-7-12-13(8-10)18-15(20)16(12,21)9-14(19)22-11-4-2-1-3-5-11/h1-8,21H,9H2,(H,18,20)/t16-/m1/s1. The van der Waals surface area contributed by atoms with Crippen LogP contribution in [-0.4, -0.2) is 16.1 Å². The van der Waals surface area contributed by atoms with Gasteiger partial charge >= 0.3 is 0 Å². The lowest BCUT2D eigenvalue weighted by molar-refractivity contribution is -0.137. The van der Waals surface area contributed by atoms with E-state index in [1.807, 2.05) is 30.3 Å². The number of amides is 1. The first kappa shape index (κ1) is 15.3. The number of halogens is 1. The van der Waals surface area contributed by atoms with Crippen molar-refractivity contribution >= 4 is 44.4 Å². The summed E-state index contributed by atoms with van der Waals surface area (Å²) >= 11 is 4.33. The number of fused-ring (bicyclic) bond motifs is 1. The SMILES string of the molecule is O=C(C[C@]1(O)C(=O)Nc2cc(Br)ccc21)Sc1ccccc1. The summed E-state index contributed by atoms with van der Waals surface area (Å²) in [5, 5.41) is 13.0. The van der Waals surface area contributed by atoms with Crippen LogP contribution < -0.4 is 5.32 Å². The Morgan fingerprint density at radius 1 is 1.23 bits per heavy atom. The number of anilines is 1. The highest BCUT2D eigenvalue weighted by atomic mass is 79.9. The Kier molecular flexibility index (Phi) is 4.08. The maximum absolute atomic E-state index is 12.2. The minimum atomic E-state index is -1.81. The number of nitrogens with one attached hydrogen (secondary N) is 1. The summed E-state index contributed by atoms with van der Waals surface area (Å²) in [6.45, 7) is 0. The topological polar surface area (TPSA) is 66.4 Å². The van der Waals surface area contributed by atoms with Crippen molar-refractivity contribution in [1.82, 2.24) is 0 Å². The zero-order valence-electron chi connectivity index (χ0n) is 11.4. The molecule has 1 amide bonds. The van der Waals surface area contributed by atoms with Gasteiger partial charge in [-0.3, -0.25) is 9.59 Å². The number of thioether (sulfide) groups is 1. The molecule has 0 bridgehead atoms. The molecule has 6 heteroatoms. The highest BCUT2D eigenvalue weighted by molar-refractivity contribution is 9.10. The molecule has 0 saturated heterocycles. The van der Waals surface area contributed by atoms with E-state index < -0.39 is 11.5 Å². The molecule has 2 aromatic carbocycles. The molecule has 4 nitrogen and oxygen atoms in total. The monoisotopic (exact) mass is 377 g/mol. The van der Waals surface area contributed by atoms with E-state index >= 15 is 0 Å². The highest BCUT2D eigenvalue weighted by Gasteiger charge is 2.46. The molecular formula is C16H12BrNO3S. The average Bonchev–Trinajstić information content (AvgIpc) is 2.70. The fourth-order valence-corrected chi connectivity index (χ4v) is 3.57. The largest absolute Gasteiger partial charge is 0.375 e. The van der Waals surface area contributed by atoms with E-state index in [4.69, 9.17) is 0 Å². The molecule has 112 valence electrons. The lowest BCUT2D eigenvalue weighted by atomic mass is 9.92. The number of carbonyl (C=O) groups excluding carboxylic acids is 2. The lowest BCUT2D eigenvalue weighted by Crippen LogP contribution is -2.35. The summed E-state index contributed by atoms with van der Waals surface area (Å²) in [6.07, 6.45) is -0.271. The molecule has 1 atom stereocenters. The highest BCUT2D eigenvalue weighted by Crippen LogP contribution is 2.41. The minimum absolute atomic E-state index is 0.264. The van der Waals surface area contributed by atoms with Crippen molar-refractivity contribution in [1.29, 1.82) is 0 Å². The van der Waals surface area contributed by atoms with E-state index in [-0.39, 0.29) is 11.5 Å². The van der Waals surface area contributed by atoms with Gasteiger partial charge in [0.05, 0.1) is 6.42 Å². The number of rotatable bonds is 3. The van der Waals surface area contributed by atoms with Crippen LogP contribution in [0.25, 0.3) is 0 Å². The summed E-state index contributed by atoms with van der Waals surface area (Å²) in [7, 11) is 0. The van der Waals surface area contributed by atoms with Crippen LogP contribution in [0, 0.1) is 0 Å². The van der Waals surface area contributed by atoms with Gasteiger partial charge in [-0.15, -0.1) is 0 Å².